The molecule has 0 bridgehead atoms. The Bertz CT molecular complexity index is 557. The minimum absolute atomic E-state index is 0. The van der Waals surface area contributed by atoms with E-state index in [2.05, 4.69) is 21.2 Å². The fourth-order valence-corrected chi connectivity index (χ4v) is 3.46. The van der Waals surface area contributed by atoms with Gasteiger partial charge in [0.05, 0.1) is 18.2 Å². The SMILES string of the molecule is CCCOc1c(Br)cc(C(=O)N2CCCC2CNC)cc1OC.Cl. The van der Waals surface area contributed by atoms with E-state index in [4.69, 9.17) is 9.47 Å². The first-order chi connectivity index (χ1) is 11.1. The van der Waals surface area contributed by atoms with Gasteiger partial charge in [-0.15, -0.1) is 12.4 Å². The van der Waals surface area contributed by atoms with Gasteiger partial charge in [0.2, 0.25) is 0 Å². The standard InChI is InChI=1S/C17H25BrN2O3.ClH/c1-4-8-23-16-14(18)9-12(10-15(16)22-3)17(21)20-7-5-6-13(20)11-19-2;/h9-10,13,19H,4-8,11H2,1-3H3;1H. The van der Waals surface area contributed by atoms with Crippen LogP contribution in [0.2, 0.25) is 0 Å². The van der Waals surface area contributed by atoms with E-state index in [-0.39, 0.29) is 24.4 Å². The van der Waals surface area contributed by atoms with Crippen LogP contribution in [0.15, 0.2) is 16.6 Å². The first kappa shape index (κ1) is 21.1. The molecule has 2 rings (SSSR count). The van der Waals surface area contributed by atoms with Crippen molar-refractivity contribution < 1.29 is 14.3 Å². The van der Waals surface area contributed by atoms with E-state index in [1.165, 1.54) is 0 Å². The van der Waals surface area contributed by atoms with Gasteiger partial charge in [0, 0.05) is 24.7 Å². The molecule has 0 aliphatic carbocycles. The smallest absolute Gasteiger partial charge is 0.254 e. The van der Waals surface area contributed by atoms with E-state index in [9.17, 15) is 4.79 Å². The monoisotopic (exact) mass is 420 g/mol. The molecule has 1 fully saturated rings. The molecule has 7 heteroatoms. The number of hydrogen-bond acceptors (Lipinski definition) is 4. The molecule has 0 spiro atoms. The lowest BCUT2D eigenvalue weighted by Crippen LogP contribution is -2.40. The highest BCUT2D eigenvalue weighted by Crippen LogP contribution is 2.37. The number of halogens is 2. The number of ether oxygens (including phenoxy) is 2. The quantitative estimate of drug-likeness (QED) is 0.732. The maximum atomic E-state index is 12.9. The lowest BCUT2D eigenvalue weighted by atomic mass is 10.1. The highest BCUT2D eigenvalue weighted by molar-refractivity contribution is 9.10. The van der Waals surface area contributed by atoms with Crippen LogP contribution in [0, 0.1) is 0 Å². The lowest BCUT2D eigenvalue weighted by Gasteiger charge is -2.25. The fourth-order valence-electron chi connectivity index (χ4n) is 2.90. The van der Waals surface area contributed by atoms with E-state index in [0.717, 1.165) is 36.8 Å². The molecule has 1 unspecified atom stereocenters. The van der Waals surface area contributed by atoms with E-state index in [1.807, 2.05) is 24.9 Å². The third-order valence-electron chi connectivity index (χ3n) is 4.00. The molecule has 0 saturated carbocycles. The molecule has 24 heavy (non-hydrogen) atoms. The van der Waals surface area contributed by atoms with Crippen LogP contribution in [0.1, 0.15) is 36.5 Å². The Labute approximate surface area is 158 Å². The van der Waals surface area contributed by atoms with Gasteiger partial charge in [-0.25, -0.2) is 0 Å². The molecule has 1 saturated heterocycles. The highest BCUT2D eigenvalue weighted by Gasteiger charge is 2.29. The summed E-state index contributed by atoms with van der Waals surface area (Å²) in [4.78, 5) is 14.8. The average Bonchev–Trinajstić information content (AvgIpc) is 3.01. The molecule has 5 nitrogen and oxygen atoms in total. The molecular formula is C17H26BrClN2O3. The minimum Gasteiger partial charge on any atom is -0.493 e. The van der Waals surface area contributed by atoms with Gasteiger partial charge in [-0.1, -0.05) is 6.92 Å². The number of nitrogens with zero attached hydrogens (tertiary/aromatic N) is 1. The van der Waals surface area contributed by atoms with Gasteiger partial charge in [0.1, 0.15) is 0 Å². The normalized spacial score (nSPS) is 16.7. The molecular weight excluding hydrogens is 396 g/mol. The second kappa shape index (κ2) is 10.1. The van der Waals surface area contributed by atoms with Crippen LogP contribution in [-0.2, 0) is 0 Å². The van der Waals surface area contributed by atoms with Crippen LogP contribution in [0.3, 0.4) is 0 Å². The number of amides is 1. The van der Waals surface area contributed by atoms with Gasteiger partial charge in [-0.3, -0.25) is 4.79 Å². The lowest BCUT2D eigenvalue weighted by molar-refractivity contribution is 0.0736. The Hall–Kier alpha value is -0.980. The molecule has 1 aliphatic heterocycles. The number of benzene rings is 1. The third kappa shape index (κ3) is 4.77. The number of carbonyl (C=O) groups excluding carboxylic acids is 1. The maximum Gasteiger partial charge on any atom is 0.254 e. The second-order valence-electron chi connectivity index (χ2n) is 5.69. The third-order valence-corrected chi connectivity index (χ3v) is 4.59. The van der Waals surface area contributed by atoms with E-state index in [0.29, 0.717) is 23.7 Å². The molecule has 1 heterocycles. The summed E-state index contributed by atoms with van der Waals surface area (Å²) in [6.07, 6.45) is 3.01. The molecule has 136 valence electrons. The predicted octanol–water partition coefficient (Wildman–Crippen LogP) is 3.49. The van der Waals surface area contributed by atoms with E-state index < -0.39 is 0 Å². The Kier molecular flexibility index (Phi) is 8.87. The second-order valence-corrected chi connectivity index (χ2v) is 6.54. The van der Waals surface area contributed by atoms with Gasteiger partial charge in [0.25, 0.3) is 5.91 Å². The van der Waals surface area contributed by atoms with Crippen molar-refractivity contribution in [2.45, 2.75) is 32.2 Å². The summed E-state index contributed by atoms with van der Waals surface area (Å²) < 4.78 is 11.9. The van der Waals surface area contributed by atoms with Crippen LogP contribution in [0.25, 0.3) is 0 Å². The summed E-state index contributed by atoms with van der Waals surface area (Å²) in [5.74, 6) is 1.28. The molecule has 1 aliphatic rings. The summed E-state index contributed by atoms with van der Waals surface area (Å²) in [6, 6.07) is 3.85. The number of rotatable bonds is 7. The van der Waals surface area contributed by atoms with Crippen molar-refractivity contribution in [1.29, 1.82) is 0 Å². The van der Waals surface area contributed by atoms with Crippen molar-refractivity contribution >= 4 is 34.2 Å². The number of hydrogen-bond donors (Lipinski definition) is 1. The molecule has 1 N–H and O–H groups in total. The van der Waals surface area contributed by atoms with Crippen LogP contribution in [0.4, 0.5) is 0 Å². The predicted molar refractivity (Wildman–Crippen MR) is 102 cm³/mol. The first-order valence-corrected chi connectivity index (χ1v) is 8.87. The van der Waals surface area contributed by atoms with Gasteiger partial charge in [-0.05, 0) is 54.4 Å². The molecule has 1 amide bonds. The zero-order valence-electron chi connectivity index (χ0n) is 14.4. The highest BCUT2D eigenvalue weighted by atomic mass is 79.9. The van der Waals surface area contributed by atoms with Crippen molar-refractivity contribution in [2.24, 2.45) is 0 Å². The Morgan fingerprint density at radius 1 is 1.46 bits per heavy atom. The maximum absolute atomic E-state index is 12.9. The minimum atomic E-state index is 0. The van der Waals surface area contributed by atoms with Crippen molar-refractivity contribution in [3.8, 4) is 11.5 Å². The van der Waals surface area contributed by atoms with Crippen LogP contribution in [-0.4, -0.2) is 50.7 Å². The number of methoxy groups -OCH3 is 1. The number of carbonyl (C=O) groups is 1. The van der Waals surface area contributed by atoms with Crippen LogP contribution in [0.5, 0.6) is 11.5 Å². The molecule has 0 radical (unpaired) electrons. The molecule has 0 aromatic heterocycles. The Morgan fingerprint density at radius 2 is 2.21 bits per heavy atom. The zero-order valence-corrected chi connectivity index (χ0v) is 16.8. The van der Waals surface area contributed by atoms with Gasteiger partial charge in [0.15, 0.2) is 11.5 Å². The fraction of sp³-hybridized carbons (Fsp3) is 0.588. The first-order valence-electron chi connectivity index (χ1n) is 8.08. The topological polar surface area (TPSA) is 50.8 Å². The summed E-state index contributed by atoms with van der Waals surface area (Å²) in [5.41, 5.74) is 0.626. The van der Waals surface area contributed by atoms with E-state index in [1.54, 1.807) is 13.2 Å². The van der Waals surface area contributed by atoms with Crippen LogP contribution < -0.4 is 14.8 Å². The summed E-state index contributed by atoms with van der Waals surface area (Å²) in [7, 11) is 3.51. The molecule has 1 aromatic carbocycles. The number of likely N-dealkylation sites (N-methyl/N-ethyl adjacent to an activating group) is 1. The Morgan fingerprint density at radius 3 is 2.83 bits per heavy atom. The van der Waals surface area contributed by atoms with Crippen molar-refractivity contribution in [2.75, 3.05) is 33.9 Å². The Balaban J connectivity index is 0.00000288. The van der Waals surface area contributed by atoms with Crippen molar-refractivity contribution in [3.05, 3.63) is 22.2 Å². The summed E-state index contributed by atoms with van der Waals surface area (Å²) in [6.45, 7) is 4.28. The number of likely N-dealkylation sites (tertiary alicyclic amines) is 1. The molecule has 1 aromatic rings. The van der Waals surface area contributed by atoms with E-state index >= 15 is 0 Å². The van der Waals surface area contributed by atoms with Crippen molar-refractivity contribution in [3.63, 3.8) is 0 Å². The summed E-state index contributed by atoms with van der Waals surface area (Å²) in [5, 5.41) is 3.16. The summed E-state index contributed by atoms with van der Waals surface area (Å²) >= 11 is 3.50. The largest absolute Gasteiger partial charge is 0.493 e. The molecule has 1 atom stereocenters. The van der Waals surface area contributed by atoms with Crippen LogP contribution >= 0.6 is 28.3 Å². The average molecular weight is 422 g/mol. The van der Waals surface area contributed by atoms with Gasteiger partial charge in [-0.2, -0.15) is 0 Å². The van der Waals surface area contributed by atoms with Gasteiger partial charge >= 0.3 is 0 Å². The van der Waals surface area contributed by atoms with Gasteiger partial charge < -0.3 is 19.7 Å². The zero-order chi connectivity index (χ0) is 16.8. The number of nitrogens with one attached hydrogen (secondary N) is 1. The van der Waals surface area contributed by atoms with Crippen molar-refractivity contribution in [1.82, 2.24) is 10.2 Å².